The van der Waals surface area contributed by atoms with Crippen molar-refractivity contribution in [1.29, 1.82) is 0 Å². The van der Waals surface area contributed by atoms with Gasteiger partial charge in [-0.1, -0.05) is 15.9 Å². The van der Waals surface area contributed by atoms with Crippen LogP contribution in [-0.4, -0.2) is 60.4 Å². The quantitative estimate of drug-likeness (QED) is 0.430. The first-order chi connectivity index (χ1) is 9.43. The van der Waals surface area contributed by atoms with Gasteiger partial charge in [0.2, 0.25) is 0 Å². The second-order valence-corrected chi connectivity index (χ2v) is 5.38. The second-order valence-electron chi connectivity index (χ2n) is 4.46. The molecule has 0 radical (unpaired) electrons. The van der Waals surface area contributed by atoms with E-state index in [0.29, 0.717) is 11.0 Å². The summed E-state index contributed by atoms with van der Waals surface area (Å²) in [7, 11) is 0. The van der Waals surface area contributed by atoms with E-state index < -0.39 is 31.0 Å². The number of fused-ring (bicyclic) bond motifs is 1. The predicted molar refractivity (Wildman–Crippen MR) is 73.9 cm³/mol. The lowest BCUT2D eigenvalue weighted by Gasteiger charge is -2.24. The standard InChI is InChI=1S/C12H15BrN2O5/c13-5-1-2-6-7(3-5)15-12(14-6)11(20)10(19)9(18)8(17)4-16/h1-3,8-11,16-20H,4H2,(H,14,15)/t8-,9-,10+,11-/m1/s1. The number of aromatic nitrogens is 2. The van der Waals surface area contributed by atoms with E-state index in [2.05, 4.69) is 25.9 Å². The van der Waals surface area contributed by atoms with Crippen LogP contribution in [-0.2, 0) is 0 Å². The number of rotatable bonds is 5. The van der Waals surface area contributed by atoms with E-state index in [0.717, 1.165) is 4.47 Å². The van der Waals surface area contributed by atoms with Gasteiger partial charge in [-0.25, -0.2) is 4.98 Å². The van der Waals surface area contributed by atoms with E-state index in [1.807, 2.05) is 0 Å². The summed E-state index contributed by atoms with van der Waals surface area (Å²) in [5.74, 6) is 0.0646. The third-order valence-corrected chi connectivity index (χ3v) is 3.49. The predicted octanol–water partition coefficient (Wildman–Crippen LogP) is -0.566. The monoisotopic (exact) mass is 346 g/mol. The number of benzene rings is 1. The Kier molecular flexibility index (Phi) is 4.74. The Morgan fingerprint density at radius 3 is 2.50 bits per heavy atom. The van der Waals surface area contributed by atoms with Crippen LogP contribution in [0.25, 0.3) is 11.0 Å². The molecule has 0 fully saturated rings. The number of imidazole rings is 1. The third kappa shape index (κ3) is 3.00. The van der Waals surface area contributed by atoms with E-state index >= 15 is 0 Å². The van der Waals surface area contributed by atoms with Crippen molar-refractivity contribution in [3.05, 3.63) is 28.5 Å². The molecule has 6 N–H and O–H groups in total. The summed E-state index contributed by atoms with van der Waals surface area (Å²) in [6.45, 7) is -0.724. The van der Waals surface area contributed by atoms with Gasteiger partial charge in [0.15, 0.2) is 0 Å². The molecule has 0 aliphatic heterocycles. The van der Waals surface area contributed by atoms with Gasteiger partial charge < -0.3 is 30.5 Å². The summed E-state index contributed by atoms with van der Waals surface area (Å²) in [6, 6.07) is 5.26. The summed E-state index contributed by atoms with van der Waals surface area (Å²) in [6.07, 6.45) is -6.42. The molecular weight excluding hydrogens is 332 g/mol. The number of aliphatic hydroxyl groups is 5. The highest BCUT2D eigenvalue weighted by molar-refractivity contribution is 9.10. The van der Waals surface area contributed by atoms with E-state index in [9.17, 15) is 20.4 Å². The molecule has 0 aliphatic carbocycles. The highest BCUT2D eigenvalue weighted by atomic mass is 79.9. The summed E-state index contributed by atoms with van der Waals surface area (Å²) in [4.78, 5) is 6.93. The molecule has 0 aliphatic rings. The summed E-state index contributed by atoms with van der Waals surface area (Å²) < 4.78 is 0.814. The molecule has 4 atom stereocenters. The number of hydrogen-bond acceptors (Lipinski definition) is 6. The van der Waals surface area contributed by atoms with Crippen LogP contribution >= 0.6 is 15.9 Å². The molecule has 0 amide bonds. The molecule has 110 valence electrons. The van der Waals surface area contributed by atoms with Gasteiger partial charge in [0.25, 0.3) is 0 Å². The van der Waals surface area contributed by atoms with Crippen LogP contribution in [0.15, 0.2) is 22.7 Å². The summed E-state index contributed by atoms with van der Waals surface area (Å²) >= 11 is 3.29. The minimum atomic E-state index is -1.69. The van der Waals surface area contributed by atoms with Crippen LogP contribution in [0.5, 0.6) is 0 Å². The molecule has 0 saturated carbocycles. The Morgan fingerprint density at radius 2 is 1.85 bits per heavy atom. The van der Waals surface area contributed by atoms with Gasteiger partial charge in [0, 0.05) is 4.47 Å². The molecule has 8 heteroatoms. The Balaban J connectivity index is 2.24. The van der Waals surface area contributed by atoms with Gasteiger partial charge in [0.1, 0.15) is 30.2 Å². The number of aliphatic hydroxyl groups excluding tert-OH is 5. The molecule has 7 nitrogen and oxygen atoms in total. The smallest absolute Gasteiger partial charge is 0.140 e. The molecule has 0 unspecified atom stereocenters. The van der Waals surface area contributed by atoms with E-state index in [4.69, 9.17) is 5.11 Å². The maximum Gasteiger partial charge on any atom is 0.140 e. The SMILES string of the molecule is OC[C@@H](O)[C@@H](O)[C@H](O)[C@@H](O)c1nc2cc(Br)ccc2[nH]1. The van der Waals surface area contributed by atoms with Gasteiger partial charge >= 0.3 is 0 Å². The lowest BCUT2D eigenvalue weighted by atomic mass is 10.0. The van der Waals surface area contributed by atoms with Crippen LogP contribution in [0, 0.1) is 0 Å². The number of halogens is 1. The fourth-order valence-electron chi connectivity index (χ4n) is 1.82. The van der Waals surface area contributed by atoms with Gasteiger partial charge in [-0.3, -0.25) is 0 Å². The number of hydrogen-bond donors (Lipinski definition) is 6. The maximum absolute atomic E-state index is 9.97. The maximum atomic E-state index is 9.97. The van der Waals surface area contributed by atoms with Crippen molar-refractivity contribution in [2.45, 2.75) is 24.4 Å². The van der Waals surface area contributed by atoms with Crippen molar-refractivity contribution in [3.8, 4) is 0 Å². The molecule has 0 spiro atoms. The van der Waals surface area contributed by atoms with Crippen molar-refractivity contribution in [3.63, 3.8) is 0 Å². The summed E-state index contributed by atoms with van der Waals surface area (Å²) in [5.41, 5.74) is 1.24. The van der Waals surface area contributed by atoms with Crippen molar-refractivity contribution >= 4 is 27.0 Å². The van der Waals surface area contributed by atoms with E-state index in [1.165, 1.54) is 0 Å². The highest BCUT2D eigenvalue weighted by Gasteiger charge is 2.32. The molecule has 0 bridgehead atoms. The second kappa shape index (κ2) is 6.17. The Morgan fingerprint density at radius 1 is 1.15 bits per heavy atom. The first kappa shape index (κ1) is 15.4. The third-order valence-electron chi connectivity index (χ3n) is 3.00. The van der Waals surface area contributed by atoms with Crippen molar-refractivity contribution in [2.75, 3.05) is 6.61 Å². The number of nitrogens with zero attached hydrogens (tertiary/aromatic N) is 1. The van der Waals surface area contributed by atoms with Crippen LogP contribution < -0.4 is 0 Å². The number of nitrogens with one attached hydrogen (secondary N) is 1. The Hall–Kier alpha value is -1.03. The molecule has 2 aromatic rings. The highest BCUT2D eigenvalue weighted by Crippen LogP contribution is 2.23. The fourth-order valence-corrected chi connectivity index (χ4v) is 2.17. The van der Waals surface area contributed by atoms with Crippen LogP contribution in [0.3, 0.4) is 0 Å². The van der Waals surface area contributed by atoms with Crippen LogP contribution in [0.4, 0.5) is 0 Å². The summed E-state index contributed by atoms with van der Waals surface area (Å²) in [5, 5.41) is 47.3. The first-order valence-corrected chi connectivity index (χ1v) is 6.71. The zero-order valence-electron chi connectivity index (χ0n) is 10.3. The topological polar surface area (TPSA) is 130 Å². The fraction of sp³-hybridized carbons (Fsp3) is 0.417. The van der Waals surface area contributed by atoms with Crippen LogP contribution in [0.2, 0.25) is 0 Å². The number of aromatic amines is 1. The van der Waals surface area contributed by atoms with Crippen molar-refractivity contribution < 1.29 is 25.5 Å². The van der Waals surface area contributed by atoms with Gasteiger partial charge in [-0.15, -0.1) is 0 Å². The van der Waals surface area contributed by atoms with Gasteiger partial charge in [-0.2, -0.15) is 0 Å². The number of H-pyrrole nitrogens is 1. The minimum absolute atomic E-state index is 0.0646. The lowest BCUT2D eigenvalue weighted by molar-refractivity contribution is -0.117. The molecule has 20 heavy (non-hydrogen) atoms. The van der Waals surface area contributed by atoms with Crippen LogP contribution in [0.1, 0.15) is 11.9 Å². The normalized spacial score (nSPS) is 17.9. The average molecular weight is 347 g/mol. The zero-order chi connectivity index (χ0) is 14.9. The molecular formula is C12H15BrN2O5. The van der Waals surface area contributed by atoms with E-state index in [1.54, 1.807) is 18.2 Å². The molecule has 0 saturated heterocycles. The lowest BCUT2D eigenvalue weighted by Crippen LogP contribution is -2.42. The van der Waals surface area contributed by atoms with E-state index in [-0.39, 0.29) is 5.82 Å². The molecule has 1 aromatic carbocycles. The minimum Gasteiger partial charge on any atom is -0.394 e. The first-order valence-electron chi connectivity index (χ1n) is 5.92. The Labute approximate surface area is 122 Å². The zero-order valence-corrected chi connectivity index (χ0v) is 11.9. The van der Waals surface area contributed by atoms with Gasteiger partial charge in [-0.05, 0) is 18.2 Å². The Bertz CT molecular complexity index is 590. The van der Waals surface area contributed by atoms with Crippen molar-refractivity contribution in [2.24, 2.45) is 0 Å². The van der Waals surface area contributed by atoms with Crippen molar-refractivity contribution in [1.82, 2.24) is 9.97 Å². The van der Waals surface area contributed by atoms with Gasteiger partial charge in [0.05, 0.1) is 17.6 Å². The molecule has 1 heterocycles. The molecule has 2 rings (SSSR count). The molecule has 1 aromatic heterocycles. The largest absolute Gasteiger partial charge is 0.394 e. The average Bonchev–Trinajstić information content (AvgIpc) is 2.86.